The highest BCUT2D eigenvalue weighted by atomic mass is 35.5. The molecular weight excluding hydrogens is 312 g/mol. The van der Waals surface area contributed by atoms with Crippen molar-refractivity contribution in [2.45, 2.75) is 0 Å². The van der Waals surface area contributed by atoms with Crippen LogP contribution in [0.15, 0.2) is 54.4 Å². The number of halogens is 1. The number of hydrogen-bond donors (Lipinski definition) is 2. The lowest BCUT2D eigenvalue weighted by Gasteiger charge is -2.04. The van der Waals surface area contributed by atoms with Crippen molar-refractivity contribution in [3.05, 3.63) is 65.0 Å². The molecule has 1 aromatic carbocycles. The van der Waals surface area contributed by atoms with Crippen molar-refractivity contribution in [3.63, 3.8) is 0 Å². The first kappa shape index (κ1) is 14.8. The number of aromatic nitrogens is 2. The van der Waals surface area contributed by atoms with E-state index in [4.69, 9.17) is 11.6 Å². The van der Waals surface area contributed by atoms with Gasteiger partial charge in [-0.3, -0.25) is 4.79 Å². The van der Waals surface area contributed by atoms with Crippen molar-refractivity contribution in [3.8, 4) is 6.07 Å². The molecule has 2 heterocycles. The predicted molar refractivity (Wildman–Crippen MR) is 89.8 cm³/mol. The zero-order chi connectivity index (χ0) is 16.2. The van der Waals surface area contributed by atoms with Crippen LogP contribution >= 0.6 is 11.6 Å². The summed E-state index contributed by atoms with van der Waals surface area (Å²) >= 11 is 5.80. The van der Waals surface area contributed by atoms with Crippen LogP contribution in [0.4, 0.5) is 5.69 Å². The van der Waals surface area contributed by atoms with E-state index < -0.39 is 5.91 Å². The van der Waals surface area contributed by atoms with Gasteiger partial charge in [0.05, 0.1) is 0 Å². The Morgan fingerprint density at radius 1 is 1.30 bits per heavy atom. The van der Waals surface area contributed by atoms with Crippen LogP contribution in [-0.4, -0.2) is 15.9 Å². The summed E-state index contributed by atoms with van der Waals surface area (Å²) in [4.78, 5) is 19.4. The maximum atomic E-state index is 12.2. The summed E-state index contributed by atoms with van der Waals surface area (Å²) in [5, 5.41) is 13.4. The number of anilines is 1. The molecule has 0 spiro atoms. The van der Waals surface area contributed by atoms with E-state index in [9.17, 15) is 10.1 Å². The number of amides is 1. The molecule has 0 fully saturated rings. The number of carbonyl (C=O) groups excluding carboxylic acids is 1. The summed E-state index contributed by atoms with van der Waals surface area (Å²) in [5.74, 6) is -0.479. The summed E-state index contributed by atoms with van der Waals surface area (Å²) in [7, 11) is 0. The van der Waals surface area contributed by atoms with Gasteiger partial charge in [0, 0.05) is 34.1 Å². The molecule has 2 N–H and O–H groups in total. The van der Waals surface area contributed by atoms with E-state index >= 15 is 0 Å². The van der Waals surface area contributed by atoms with Crippen LogP contribution in [0, 0.1) is 11.3 Å². The monoisotopic (exact) mass is 322 g/mol. The summed E-state index contributed by atoms with van der Waals surface area (Å²) in [6.45, 7) is 0. The molecule has 23 heavy (non-hydrogen) atoms. The number of nitriles is 1. The molecule has 2 aromatic heterocycles. The highest BCUT2D eigenvalue weighted by Crippen LogP contribution is 2.19. The lowest BCUT2D eigenvalue weighted by atomic mass is 10.1. The lowest BCUT2D eigenvalue weighted by molar-refractivity contribution is -0.112. The normalized spacial score (nSPS) is 11.2. The Kier molecular flexibility index (Phi) is 4.09. The average Bonchev–Trinajstić information content (AvgIpc) is 2.97. The molecule has 0 atom stereocenters. The van der Waals surface area contributed by atoms with Crippen LogP contribution in [0.3, 0.4) is 0 Å². The van der Waals surface area contributed by atoms with Gasteiger partial charge in [0.25, 0.3) is 5.91 Å². The third-order valence-electron chi connectivity index (χ3n) is 3.25. The SMILES string of the molecule is N#C/C(=C\c1c[nH]c2ncccc12)C(=O)Nc1ccc(Cl)cc1. The number of nitrogens with zero attached hydrogens (tertiary/aromatic N) is 2. The largest absolute Gasteiger partial charge is 0.346 e. The van der Waals surface area contributed by atoms with Gasteiger partial charge in [-0.25, -0.2) is 4.98 Å². The molecule has 3 rings (SSSR count). The fourth-order valence-electron chi connectivity index (χ4n) is 2.13. The molecule has 112 valence electrons. The van der Waals surface area contributed by atoms with Gasteiger partial charge in [-0.2, -0.15) is 5.26 Å². The number of hydrogen-bond acceptors (Lipinski definition) is 3. The summed E-state index contributed by atoms with van der Waals surface area (Å²) in [6, 6.07) is 12.3. The maximum Gasteiger partial charge on any atom is 0.266 e. The van der Waals surface area contributed by atoms with Crippen molar-refractivity contribution in [2.75, 3.05) is 5.32 Å². The van der Waals surface area contributed by atoms with E-state index in [1.54, 1.807) is 42.7 Å². The second-order valence-corrected chi connectivity index (χ2v) is 5.21. The first-order chi connectivity index (χ1) is 11.2. The third kappa shape index (κ3) is 3.23. The number of fused-ring (bicyclic) bond motifs is 1. The molecule has 0 aliphatic carbocycles. The van der Waals surface area contributed by atoms with Crippen molar-refractivity contribution in [1.29, 1.82) is 5.26 Å². The molecule has 0 bridgehead atoms. The highest BCUT2D eigenvalue weighted by molar-refractivity contribution is 6.30. The van der Waals surface area contributed by atoms with Gasteiger partial charge in [0.15, 0.2) is 0 Å². The van der Waals surface area contributed by atoms with Gasteiger partial charge in [-0.1, -0.05) is 11.6 Å². The van der Waals surface area contributed by atoms with Gasteiger partial charge in [-0.15, -0.1) is 0 Å². The molecule has 0 radical (unpaired) electrons. The zero-order valence-electron chi connectivity index (χ0n) is 11.9. The van der Waals surface area contributed by atoms with E-state index in [2.05, 4.69) is 15.3 Å². The number of pyridine rings is 1. The van der Waals surface area contributed by atoms with Crippen LogP contribution < -0.4 is 5.32 Å². The summed E-state index contributed by atoms with van der Waals surface area (Å²) in [6.07, 6.45) is 4.92. The van der Waals surface area contributed by atoms with Crippen LogP contribution in [0.25, 0.3) is 17.1 Å². The summed E-state index contributed by atoms with van der Waals surface area (Å²) in [5.41, 5.74) is 2.01. The van der Waals surface area contributed by atoms with E-state index in [0.717, 1.165) is 10.9 Å². The van der Waals surface area contributed by atoms with E-state index in [1.165, 1.54) is 6.08 Å². The Morgan fingerprint density at radius 2 is 2.09 bits per heavy atom. The standard InChI is InChI=1S/C17H11ClN4O/c18-13-3-5-14(6-4-13)22-17(23)11(9-19)8-12-10-21-16-15(12)2-1-7-20-16/h1-8,10H,(H,20,21)(H,22,23)/b11-8+. The molecule has 0 aliphatic heterocycles. The average molecular weight is 323 g/mol. The topological polar surface area (TPSA) is 81.6 Å². The molecule has 0 unspecified atom stereocenters. The Balaban J connectivity index is 1.88. The lowest BCUT2D eigenvalue weighted by Crippen LogP contribution is -2.13. The zero-order valence-corrected chi connectivity index (χ0v) is 12.6. The fraction of sp³-hybridized carbons (Fsp3) is 0. The summed E-state index contributed by atoms with van der Waals surface area (Å²) < 4.78 is 0. The minimum Gasteiger partial charge on any atom is -0.346 e. The Bertz CT molecular complexity index is 935. The van der Waals surface area contributed by atoms with E-state index in [-0.39, 0.29) is 5.57 Å². The molecule has 0 saturated carbocycles. The van der Waals surface area contributed by atoms with Crippen LogP contribution in [0.5, 0.6) is 0 Å². The molecule has 1 amide bonds. The maximum absolute atomic E-state index is 12.2. The van der Waals surface area contributed by atoms with Crippen LogP contribution in [-0.2, 0) is 4.79 Å². The van der Waals surface area contributed by atoms with Gasteiger partial charge in [-0.05, 0) is 42.5 Å². The minimum atomic E-state index is -0.479. The van der Waals surface area contributed by atoms with Crippen molar-refractivity contribution >= 4 is 40.3 Å². The second kappa shape index (κ2) is 6.34. The van der Waals surface area contributed by atoms with E-state index in [1.807, 2.05) is 12.1 Å². The Labute approximate surface area is 137 Å². The first-order valence-electron chi connectivity index (χ1n) is 6.78. The van der Waals surface area contributed by atoms with Gasteiger partial charge in [0.2, 0.25) is 0 Å². The van der Waals surface area contributed by atoms with E-state index in [0.29, 0.717) is 16.4 Å². The molecule has 3 aromatic rings. The number of aromatic amines is 1. The van der Waals surface area contributed by atoms with Gasteiger partial charge < -0.3 is 10.3 Å². The van der Waals surface area contributed by atoms with Crippen molar-refractivity contribution in [1.82, 2.24) is 9.97 Å². The molecular formula is C17H11ClN4O. The van der Waals surface area contributed by atoms with Crippen LogP contribution in [0.2, 0.25) is 5.02 Å². The van der Waals surface area contributed by atoms with Crippen molar-refractivity contribution < 1.29 is 4.79 Å². The number of carbonyl (C=O) groups is 1. The fourth-order valence-corrected chi connectivity index (χ4v) is 2.26. The molecule has 0 saturated heterocycles. The molecule has 5 nitrogen and oxygen atoms in total. The smallest absolute Gasteiger partial charge is 0.266 e. The highest BCUT2D eigenvalue weighted by Gasteiger charge is 2.11. The minimum absolute atomic E-state index is 0.00435. The first-order valence-corrected chi connectivity index (χ1v) is 7.16. The third-order valence-corrected chi connectivity index (χ3v) is 3.50. The Hall–Kier alpha value is -3.10. The second-order valence-electron chi connectivity index (χ2n) is 4.77. The quantitative estimate of drug-likeness (QED) is 0.569. The number of benzene rings is 1. The van der Waals surface area contributed by atoms with Crippen molar-refractivity contribution in [2.24, 2.45) is 0 Å². The Morgan fingerprint density at radius 3 is 2.83 bits per heavy atom. The van der Waals surface area contributed by atoms with Crippen LogP contribution in [0.1, 0.15) is 5.56 Å². The number of nitrogens with one attached hydrogen (secondary N) is 2. The molecule has 6 heteroatoms. The number of rotatable bonds is 3. The van der Waals surface area contributed by atoms with Gasteiger partial charge in [0.1, 0.15) is 17.3 Å². The number of H-pyrrole nitrogens is 1. The van der Waals surface area contributed by atoms with Gasteiger partial charge >= 0.3 is 0 Å². The predicted octanol–water partition coefficient (Wildman–Crippen LogP) is 3.76. The molecule has 0 aliphatic rings.